The fourth-order valence-corrected chi connectivity index (χ4v) is 1.84. The van der Waals surface area contributed by atoms with Crippen molar-refractivity contribution in [3.8, 4) is 0 Å². The average Bonchev–Trinajstić information content (AvgIpc) is 2.44. The number of aromatic amines is 1. The molecule has 2 heterocycles. The SMILES string of the molecule is CN=Nc1c(C)c(C)c2[nH]c(C)cc(=O)n12. The molecule has 1 N–H and O–H groups in total. The monoisotopic (exact) mass is 218 g/mol. The van der Waals surface area contributed by atoms with E-state index in [0.717, 1.165) is 22.5 Å². The molecule has 0 aliphatic heterocycles. The van der Waals surface area contributed by atoms with Crippen LogP contribution in [0.15, 0.2) is 21.1 Å². The molecule has 0 unspecified atom stereocenters. The number of azo groups is 1. The Morgan fingerprint density at radius 3 is 2.56 bits per heavy atom. The van der Waals surface area contributed by atoms with Gasteiger partial charge in [-0.05, 0) is 26.3 Å². The second-order valence-corrected chi connectivity index (χ2v) is 3.85. The molecule has 2 aromatic heterocycles. The van der Waals surface area contributed by atoms with E-state index in [1.54, 1.807) is 17.5 Å². The standard InChI is InChI=1S/C11H14N4O/c1-6-5-9(16)15-10(13-6)7(2)8(3)11(15)14-12-4/h5,13H,1-4H3. The summed E-state index contributed by atoms with van der Waals surface area (Å²) in [5, 5.41) is 7.76. The van der Waals surface area contributed by atoms with Crippen molar-refractivity contribution in [1.82, 2.24) is 9.38 Å². The summed E-state index contributed by atoms with van der Waals surface area (Å²) in [5.41, 5.74) is 3.57. The highest BCUT2D eigenvalue weighted by molar-refractivity contribution is 5.63. The normalized spacial score (nSPS) is 11.8. The fraction of sp³-hybridized carbons (Fsp3) is 0.364. The quantitative estimate of drug-likeness (QED) is 0.733. The summed E-state index contributed by atoms with van der Waals surface area (Å²) in [6.45, 7) is 5.77. The predicted octanol–water partition coefficient (Wildman–Crippen LogP) is 2.27. The Labute approximate surface area is 92.8 Å². The molecule has 0 fully saturated rings. The van der Waals surface area contributed by atoms with Crippen molar-refractivity contribution in [1.29, 1.82) is 0 Å². The first-order valence-electron chi connectivity index (χ1n) is 5.07. The third-order valence-electron chi connectivity index (χ3n) is 2.76. The van der Waals surface area contributed by atoms with E-state index in [-0.39, 0.29) is 5.56 Å². The Balaban J connectivity index is 3.02. The van der Waals surface area contributed by atoms with Gasteiger partial charge in [0.25, 0.3) is 5.56 Å². The molecule has 16 heavy (non-hydrogen) atoms. The van der Waals surface area contributed by atoms with Crippen LogP contribution in [0.2, 0.25) is 0 Å². The smallest absolute Gasteiger partial charge is 0.259 e. The summed E-state index contributed by atoms with van der Waals surface area (Å²) in [7, 11) is 1.59. The zero-order valence-corrected chi connectivity index (χ0v) is 9.83. The summed E-state index contributed by atoms with van der Waals surface area (Å²) >= 11 is 0. The lowest BCUT2D eigenvalue weighted by atomic mass is 10.2. The summed E-state index contributed by atoms with van der Waals surface area (Å²) in [6.07, 6.45) is 0. The van der Waals surface area contributed by atoms with E-state index in [4.69, 9.17) is 0 Å². The van der Waals surface area contributed by atoms with Gasteiger partial charge in [0, 0.05) is 24.4 Å². The van der Waals surface area contributed by atoms with Crippen molar-refractivity contribution >= 4 is 11.5 Å². The number of aryl methyl sites for hydroxylation is 2. The molecule has 0 bridgehead atoms. The van der Waals surface area contributed by atoms with Crippen LogP contribution >= 0.6 is 0 Å². The van der Waals surface area contributed by atoms with E-state index in [1.165, 1.54) is 0 Å². The Morgan fingerprint density at radius 2 is 1.94 bits per heavy atom. The van der Waals surface area contributed by atoms with E-state index >= 15 is 0 Å². The highest BCUT2D eigenvalue weighted by Gasteiger charge is 2.14. The molecule has 5 nitrogen and oxygen atoms in total. The first-order chi connectivity index (χ1) is 7.56. The van der Waals surface area contributed by atoms with Gasteiger partial charge in [0.05, 0.1) is 0 Å². The van der Waals surface area contributed by atoms with Gasteiger partial charge in [-0.1, -0.05) is 0 Å². The van der Waals surface area contributed by atoms with Crippen LogP contribution < -0.4 is 5.56 Å². The molecule has 5 heteroatoms. The van der Waals surface area contributed by atoms with E-state index in [0.29, 0.717) is 5.82 Å². The molecule has 0 amide bonds. The van der Waals surface area contributed by atoms with Crippen LogP contribution in [0.5, 0.6) is 0 Å². The van der Waals surface area contributed by atoms with Gasteiger partial charge in [0.2, 0.25) is 0 Å². The lowest BCUT2D eigenvalue weighted by molar-refractivity contribution is 0.998. The van der Waals surface area contributed by atoms with E-state index < -0.39 is 0 Å². The summed E-state index contributed by atoms with van der Waals surface area (Å²) in [4.78, 5) is 15.1. The zero-order chi connectivity index (χ0) is 11.9. The van der Waals surface area contributed by atoms with Gasteiger partial charge >= 0.3 is 0 Å². The molecule has 2 aromatic rings. The topological polar surface area (TPSA) is 62.0 Å². The minimum absolute atomic E-state index is 0.0788. The average molecular weight is 218 g/mol. The van der Waals surface area contributed by atoms with Crippen LogP contribution in [0, 0.1) is 20.8 Å². The van der Waals surface area contributed by atoms with E-state index in [2.05, 4.69) is 15.2 Å². The Hall–Kier alpha value is -1.91. The molecule has 0 aliphatic carbocycles. The molecule has 2 rings (SSSR count). The summed E-state index contributed by atoms with van der Waals surface area (Å²) in [6, 6.07) is 1.56. The Morgan fingerprint density at radius 1 is 1.25 bits per heavy atom. The van der Waals surface area contributed by atoms with Gasteiger partial charge in [0.1, 0.15) is 5.65 Å². The van der Waals surface area contributed by atoms with Gasteiger partial charge in [-0.25, -0.2) is 4.40 Å². The lowest BCUT2D eigenvalue weighted by Gasteiger charge is -1.98. The highest BCUT2D eigenvalue weighted by atomic mass is 16.1. The van der Waals surface area contributed by atoms with Gasteiger partial charge in [0.15, 0.2) is 5.82 Å². The van der Waals surface area contributed by atoms with E-state index in [9.17, 15) is 4.79 Å². The number of aromatic nitrogens is 2. The minimum Gasteiger partial charge on any atom is -0.345 e. The molecule has 0 aromatic carbocycles. The maximum atomic E-state index is 11.9. The van der Waals surface area contributed by atoms with Crippen LogP contribution in [0.4, 0.5) is 5.82 Å². The summed E-state index contributed by atoms with van der Waals surface area (Å²) < 4.78 is 1.56. The van der Waals surface area contributed by atoms with Crippen molar-refractivity contribution in [3.63, 3.8) is 0 Å². The van der Waals surface area contributed by atoms with Crippen molar-refractivity contribution in [3.05, 3.63) is 33.2 Å². The third kappa shape index (κ3) is 1.36. The Bertz CT molecular complexity index is 633. The van der Waals surface area contributed by atoms with Gasteiger partial charge in [-0.3, -0.25) is 4.79 Å². The lowest BCUT2D eigenvalue weighted by Crippen LogP contribution is -2.12. The first-order valence-corrected chi connectivity index (χ1v) is 5.07. The molecule has 0 radical (unpaired) electrons. The third-order valence-corrected chi connectivity index (χ3v) is 2.76. The maximum Gasteiger partial charge on any atom is 0.259 e. The van der Waals surface area contributed by atoms with Crippen molar-refractivity contribution < 1.29 is 0 Å². The van der Waals surface area contributed by atoms with Crippen LogP contribution in [-0.2, 0) is 0 Å². The molecular formula is C11H14N4O. The van der Waals surface area contributed by atoms with Crippen LogP contribution in [-0.4, -0.2) is 16.4 Å². The number of rotatable bonds is 1. The number of fused-ring (bicyclic) bond motifs is 1. The predicted molar refractivity (Wildman–Crippen MR) is 62.7 cm³/mol. The number of H-pyrrole nitrogens is 1. The van der Waals surface area contributed by atoms with E-state index in [1.807, 2.05) is 20.8 Å². The molecule has 84 valence electrons. The van der Waals surface area contributed by atoms with Crippen LogP contribution in [0.25, 0.3) is 5.65 Å². The number of nitrogens with one attached hydrogen (secondary N) is 1. The zero-order valence-electron chi connectivity index (χ0n) is 9.83. The number of hydrogen-bond donors (Lipinski definition) is 1. The fourth-order valence-electron chi connectivity index (χ4n) is 1.84. The number of nitrogens with zero attached hydrogens (tertiary/aromatic N) is 3. The molecule has 0 atom stereocenters. The van der Waals surface area contributed by atoms with Crippen molar-refractivity contribution in [2.45, 2.75) is 20.8 Å². The maximum absolute atomic E-state index is 11.9. The second kappa shape index (κ2) is 3.59. The molecule has 0 saturated heterocycles. The van der Waals surface area contributed by atoms with Gasteiger partial charge in [-0.15, -0.1) is 5.11 Å². The first kappa shape index (κ1) is 10.6. The molecule has 0 spiro atoms. The summed E-state index contributed by atoms with van der Waals surface area (Å²) in [5.74, 6) is 0.608. The van der Waals surface area contributed by atoms with Gasteiger partial charge in [-0.2, -0.15) is 5.11 Å². The molecule has 0 saturated carbocycles. The largest absolute Gasteiger partial charge is 0.345 e. The Kier molecular flexibility index (Phi) is 2.38. The minimum atomic E-state index is -0.0788. The van der Waals surface area contributed by atoms with Gasteiger partial charge < -0.3 is 4.98 Å². The molecular weight excluding hydrogens is 204 g/mol. The number of hydrogen-bond acceptors (Lipinski definition) is 3. The van der Waals surface area contributed by atoms with Crippen LogP contribution in [0.3, 0.4) is 0 Å². The van der Waals surface area contributed by atoms with Crippen LogP contribution in [0.1, 0.15) is 16.8 Å². The second-order valence-electron chi connectivity index (χ2n) is 3.85. The van der Waals surface area contributed by atoms with Crippen molar-refractivity contribution in [2.75, 3.05) is 7.05 Å². The highest BCUT2D eigenvalue weighted by Crippen LogP contribution is 2.26. The van der Waals surface area contributed by atoms with Crippen molar-refractivity contribution in [2.24, 2.45) is 10.2 Å². The molecule has 0 aliphatic rings.